The van der Waals surface area contributed by atoms with E-state index >= 15 is 0 Å². The molecule has 0 amide bonds. The quantitative estimate of drug-likeness (QED) is 0.579. The first kappa shape index (κ1) is 13.9. The highest BCUT2D eigenvalue weighted by Gasteiger charge is 2.04. The van der Waals surface area contributed by atoms with Crippen LogP contribution in [0.1, 0.15) is 53.4 Å². The lowest BCUT2D eigenvalue weighted by atomic mass is 10.1. The van der Waals surface area contributed by atoms with E-state index < -0.39 is 0 Å². The summed E-state index contributed by atoms with van der Waals surface area (Å²) >= 11 is 0. The Morgan fingerprint density at radius 3 is 2.43 bits per heavy atom. The van der Waals surface area contributed by atoms with Gasteiger partial charge in [0, 0.05) is 19.2 Å². The van der Waals surface area contributed by atoms with Crippen molar-refractivity contribution in [3.8, 4) is 0 Å². The fraction of sp³-hybridized carbons (Fsp3) is 1.00. The van der Waals surface area contributed by atoms with Crippen LogP contribution in [0, 0.1) is 0 Å². The lowest BCUT2D eigenvalue weighted by molar-refractivity contribution is 0.0741. The van der Waals surface area contributed by atoms with E-state index in [4.69, 9.17) is 4.74 Å². The monoisotopic (exact) mass is 201 g/mol. The van der Waals surface area contributed by atoms with Crippen molar-refractivity contribution in [1.82, 2.24) is 5.32 Å². The highest BCUT2D eigenvalue weighted by atomic mass is 16.5. The van der Waals surface area contributed by atoms with Crippen molar-refractivity contribution in [1.29, 1.82) is 0 Å². The predicted molar refractivity (Wildman–Crippen MR) is 62.7 cm³/mol. The van der Waals surface area contributed by atoms with E-state index in [1.54, 1.807) is 0 Å². The molecule has 86 valence electrons. The highest BCUT2D eigenvalue weighted by molar-refractivity contribution is 4.63. The maximum Gasteiger partial charge on any atom is 0.0671 e. The summed E-state index contributed by atoms with van der Waals surface area (Å²) in [6.07, 6.45) is 5.63. The predicted octanol–water partition coefficient (Wildman–Crippen LogP) is 2.97. The molecule has 1 N–H and O–H groups in total. The molecule has 0 aliphatic heterocycles. The van der Waals surface area contributed by atoms with Crippen molar-refractivity contribution < 1.29 is 4.74 Å². The summed E-state index contributed by atoms with van der Waals surface area (Å²) in [5.41, 5.74) is 0. The molecule has 0 heterocycles. The molecule has 0 rings (SSSR count). The largest absolute Gasteiger partial charge is 0.377 e. The van der Waals surface area contributed by atoms with Crippen molar-refractivity contribution in [3.05, 3.63) is 0 Å². The van der Waals surface area contributed by atoms with Crippen molar-refractivity contribution in [2.45, 2.75) is 65.5 Å². The van der Waals surface area contributed by atoms with E-state index in [0.29, 0.717) is 12.1 Å². The Hall–Kier alpha value is -0.0800. The maximum atomic E-state index is 5.46. The molecule has 0 radical (unpaired) electrons. The minimum atomic E-state index is 0.341. The molecular weight excluding hydrogens is 174 g/mol. The maximum absolute atomic E-state index is 5.46. The minimum absolute atomic E-state index is 0.341. The molecule has 0 spiro atoms. The average molecular weight is 201 g/mol. The fourth-order valence-electron chi connectivity index (χ4n) is 1.51. The topological polar surface area (TPSA) is 21.3 Å². The molecule has 0 saturated heterocycles. The van der Waals surface area contributed by atoms with E-state index in [1.807, 2.05) is 6.92 Å². The Morgan fingerprint density at radius 2 is 1.86 bits per heavy atom. The number of unbranched alkanes of at least 4 members (excludes halogenated alkanes) is 2. The van der Waals surface area contributed by atoms with E-state index in [1.165, 1.54) is 25.7 Å². The summed E-state index contributed by atoms with van der Waals surface area (Å²) in [6.45, 7) is 10.5. The summed E-state index contributed by atoms with van der Waals surface area (Å²) in [4.78, 5) is 0. The molecule has 2 atom stereocenters. The van der Waals surface area contributed by atoms with Crippen LogP contribution >= 0.6 is 0 Å². The number of rotatable bonds is 9. The molecule has 0 saturated carbocycles. The molecule has 0 aliphatic rings. The van der Waals surface area contributed by atoms with E-state index in [2.05, 4.69) is 26.1 Å². The van der Waals surface area contributed by atoms with Gasteiger partial charge >= 0.3 is 0 Å². The Morgan fingerprint density at radius 1 is 1.14 bits per heavy atom. The lowest BCUT2D eigenvalue weighted by Gasteiger charge is -2.17. The van der Waals surface area contributed by atoms with Crippen LogP contribution in [0.5, 0.6) is 0 Å². The zero-order valence-corrected chi connectivity index (χ0v) is 10.3. The first-order chi connectivity index (χ1) is 6.70. The zero-order chi connectivity index (χ0) is 10.8. The number of ether oxygens (including phenoxy) is 1. The van der Waals surface area contributed by atoms with Gasteiger partial charge in [-0.3, -0.25) is 0 Å². The van der Waals surface area contributed by atoms with Crippen molar-refractivity contribution in [2.75, 3.05) is 13.2 Å². The zero-order valence-electron chi connectivity index (χ0n) is 10.3. The van der Waals surface area contributed by atoms with Gasteiger partial charge in [-0.25, -0.2) is 0 Å². The molecule has 2 nitrogen and oxygen atoms in total. The van der Waals surface area contributed by atoms with Gasteiger partial charge in [0.05, 0.1) is 6.10 Å². The summed E-state index contributed by atoms with van der Waals surface area (Å²) in [5.74, 6) is 0. The second-order valence-electron chi connectivity index (χ2n) is 4.07. The molecule has 0 aromatic carbocycles. The van der Waals surface area contributed by atoms with Crippen LogP contribution in [-0.2, 0) is 4.74 Å². The number of hydrogen-bond donors (Lipinski definition) is 1. The van der Waals surface area contributed by atoms with E-state index in [0.717, 1.165) is 13.2 Å². The first-order valence-electron chi connectivity index (χ1n) is 6.05. The van der Waals surface area contributed by atoms with Crippen molar-refractivity contribution in [3.63, 3.8) is 0 Å². The molecule has 0 aromatic rings. The minimum Gasteiger partial charge on any atom is -0.377 e. The smallest absolute Gasteiger partial charge is 0.0671 e. The van der Waals surface area contributed by atoms with Crippen molar-refractivity contribution >= 4 is 0 Å². The second-order valence-corrected chi connectivity index (χ2v) is 4.07. The molecule has 0 aromatic heterocycles. The van der Waals surface area contributed by atoms with Crippen LogP contribution in [-0.4, -0.2) is 25.3 Å². The summed E-state index contributed by atoms with van der Waals surface area (Å²) in [5, 5.41) is 3.50. The summed E-state index contributed by atoms with van der Waals surface area (Å²) in [6, 6.07) is 0.629. The van der Waals surface area contributed by atoms with Crippen LogP contribution in [0.25, 0.3) is 0 Å². The van der Waals surface area contributed by atoms with Crippen LogP contribution in [0.3, 0.4) is 0 Å². The van der Waals surface area contributed by atoms with Crippen LogP contribution in [0.15, 0.2) is 0 Å². The van der Waals surface area contributed by atoms with Gasteiger partial charge < -0.3 is 10.1 Å². The fourth-order valence-corrected chi connectivity index (χ4v) is 1.51. The second kappa shape index (κ2) is 9.47. The van der Waals surface area contributed by atoms with Gasteiger partial charge in [-0.1, -0.05) is 26.2 Å². The van der Waals surface area contributed by atoms with Gasteiger partial charge in [0.1, 0.15) is 0 Å². The third-order valence-electron chi connectivity index (χ3n) is 2.45. The molecule has 14 heavy (non-hydrogen) atoms. The van der Waals surface area contributed by atoms with Crippen LogP contribution < -0.4 is 5.32 Å². The molecule has 0 fully saturated rings. The average Bonchev–Trinajstić information content (AvgIpc) is 2.16. The van der Waals surface area contributed by atoms with Crippen LogP contribution in [0.2, 0.25) is 0 Å². The standard InChI is InChI=1S/C12H27NO/c1-5-7-8-9-11(3)13-10-12(4)14-6-2/h11-13H,5-10H2,1-4H3. The third kappa shape index (κ3) is 8.52. The Bertz CT molecular complexity index is 117. The van der Waals surface area contributed by atoms with Gasteiger partial charge in [0.15, 0.2) is 0 Å². The number of nitrogens with one attached hydrogen (secondary N) is 1. The normalized spacial score (nSPS) is 15.4. The Labute approximate surface area is 89.4 Å². The van der Waals surface area contributed by atoms with Gasteiger partial charge in [-0.05, 0) is 27.2 Å². The molecule has 0 bridgehead atoms. The van der Waals surface area contributed by atoms with Gasteiger partial charge in [-0.15, -0.1) is 0 Å². The molecular formula is C12H27NO. The number of hydrogen-bond acceptors (Lipinski definition) is 2. The van der Waals surface area contributed by atoms with Crippen LogP contribution in [0.4, 0.5) is 0 Å². The van der Waals surface area contributed by atoms with E-state index in [9.17, 15) is 0 Å². The Kier molecular flexibility index (Phi) is 9.42. The summed E-state index contributed by atoms with van der Waals surface area (Å²) in [7, 11) is 0. The molecule has 0 aliphatic carbocycles. The summed E-state index contributed by atoms with van der Waals surface area (Å²) < 4.78 is 5.46. The third-order valence-corrected chi connectivity index (χ3v) is 2.45. The molecule has 2 unspecified atom stereocenters. The van der Waals surface area contributed by atoms with Gasteiger partial charge in [-0.2, -0.15) is 0 Å². The van der Waals surface area contributed by atoms with E-state index in [-0.39, 0.29) is 0 Å². The lowest BCUT2D eigenvalue weighted by Crippen LogP contribution is -2.33. The SMILES string of the molecule is CCCCCC(C)NCC(C)OCC. The highest BCUT2D eigenvalue weighted by Crippen LogP contribution is 2.02. The first-order valence-corrected chi connectivity index (χ1v) is 6.05. The Balaban J connectivity index is 3.29. The van der Waals surface area contributed by atoms with Crippen molar-refractivity contribution in [2.24, 2.45) is 0 Å². The van der Waals surface area contributed by atoms with Gasteiger partial charge in [0.2, 0.25) is 0 Å². The molecule has 2 heteroatoms. The van der Waals surface area contributed by atoms with Gasteiger partial charge in [0.25, 0.3) is 0 Å².